The molecule has 0 saturated heterocycles. The molecule has 1 N–H and O–H groups in total. The lowest BCUT2D eigenvalue weighted by Gasteiger charge is -2.11. The van der Waals surface area contributed by atoms with Crippen molar-refractivity contribution in [1.82, 2.24) is 24.7 Å². The zero-order valence-corrected chi connectivity index (χ0v) is 23.9. The highest BCUT2D eigenvalue weighted by molar-refractivity contribution is 9.10. The number of aromatic nitrogens is 5. The summed E-state index contributed by atoms with van der Waals surface area (Å²) in [6.45, 7) is 2.08. The van der Waals surface area contributed by atoms with Gasteiger partial charge < -0.3 is 5.32 Å². The van der Waals surface area contributed by atoms with Crippen LogP contribution in [0.5, 0.6) is 0 Å². The minimum absolute atomic E-state index is 0.128. The van der Waals surface area contributed by atoms with Gasteiger partial charge in [-0.3, -0.25) is 14.3 Å². The summed E-state index contributed by atoms with van der Waals surface area (Å²) in [7, 11) is 0. The molecule has 6 rings (SSSR count). The number of hydrogen-bond donors (Lipinski definition) is 1. The third-order valence-corrected chi connectivity index (χ3v) is 8.45. The van der Waals surface area contributed by atoms with E-state index in [1.807, 2.05) is 71.3 Å². The zero-order valence-electron chi connectivity index (χ0n) is 20.7. The van der Waals surface area contributed by atoms with E-state index in [2.05, 4.69) is 55.5 Å². The molecular weight excluding hydrogens is 592 g/mol. The lowest BCUT2D eigenvalue weighted by atomic mass is 10.2. The molecule has 0 fully saturated rings. The van der Waals surface area contributed by atoms with E-state index in [-0.39, 0.29) is 11.7 Å². The van der Waals surface area contributed by atoms with Crippen LogP contribution >= 0.6 is 39.0 Å². The molecular formula is C29H21BrN6OS2. The summed E-state index contributed by atoms with van der Waals surface area (Å²) in [5, 5.41) is 13.4. The molecule has 0 radical (unpaired) electrons. The van der Waals surface area contributed by atoms with Gasteiger partial charge in [-0.1, -0.05) is 33.8 Å². The van der Waals surface area contributed by atoms with E-state index in [9.17, 15) is 4.79 Å². The number of nitrogens with one attached hydrogen (secondary N) is 1. The van der Waals surface area contributed by atoms with Crippen LogP contribution in [-0.2, 0) is 4.79 Å². The van der Waals surface area contributed by atoms with Crippen molar-refractivity contribution in [2.24, 2.45) is 0 Å². The fraction of sp³-hybridized carbons (Fsp3) is 0.0690. The molecule has 0 saturated carbocycles. The predicted octanol–water partition coefficient (Wildman–Crippen LogP) is 7.41. The molecule has 0 unspecified atom stereocenters. The first-order valence-electron chi connectivity index (χ1n) is 12.1. The first kappa shape index (κ1) is 25.4. The summed E-state index contributed by atoms with van der Waals surface area (Å²) in [4.78, 5) is 21.8. The highest BCUT2D eigenvalue weighted by Gasteiger charge is 2.18. The number of thiazole rings is 1. The van der Waals surface area contributed by atoms with Gasteiger partial charge in [-0.05, 0) is 85.3 Å². The van der Waals surface area contributed by atoms with Crippen molar-refractivity contribution in [1.29, 1.82) is 0 Å². The molecule has 6 aromatic rings. The Kier molecular flexibility index (Phi) is 7.23. The number of amides is 1. The van der Waals surface area contributed by atoms with E-state index < -0.39 is 0 Å². The van der Waals surface area contributed by atoms with E-state index in [4.69, 9.17) is 4.98 Å². The van der Waals surface area contributed by atoms with Crippen molar-refractivity contribution < 1.29 is 4.79 Å². The van der Waals surface area contributed by atoms with Gasteiger partial charge >= 0.3 is 0 Å². The van der Waals surface area contributed by atoms with Gasteiger partial charge in [-0.2, -0.15) is 0 Å². The molecule has 0 aliphatic rings. The second-order valence-electron chi connectivity index (χ2n) is 8.76. The van der Waals surface area contributed by atoms with Gasteiger partial charge in [-0.25, -0.2) is 4.98 Å². The number of nitrogens with zero attached hydrogens (tertiary/aromatic N) is 5. The van der Waals surface area contributed by atoms with E-state index in [0.29, 0.717) is 11.0 Å². The number of pyridine rings is 1. The van der Waals surface area contributed by atoms with Crippen molar-refractivity contribution >= 4 is 60.8 Å². The monoisotopic (exact) mass is 612 g/mol. The normalized spacial score (nSPS) is 11.1. The largest absolute Gasteiger partial charge is 0.325 e. The Morgan fingerprint density at radius 1 is 1.00 bits per heavy atom. The number of fused-ring (bicyclic) bond motifs is 1. The minimum atomic E-state index is -0.128. The third-order valence-electron chi connectivity index (χ3n) is 5.93. The van der Waals surface area contributed by atoms with Crippen LogP contribution in [0.1, 0.15) is 5.56 Å². The van der Waals surface area contributed by atoms with E-state index >= 15 is 0 Å². The fourth-order valence-electron chi connectivity index (χ4n) is 4.05. The fourth-order valence-corrected chi connectivity index (χ4v) is 6.13. The molecule has 39 heavy (non-hydrogen) atoms. The summed E-state index contributed by atoms with van der Waals surface area (Å²) < 4.78 is 4.08. The van der Waals surface area contributed by atoms with Crippen LogP contribution in [0.4, 0.5) is 5.69 Å². The Labute approximate surface area is 241 Å². The van der Waals surface area contributed by atoms with Gasteiger partial charge in [0, 0.05) is 39.4 Å². The topological polar surface area (TPSA) is 85.6 Å². The Hall–Kier alpha value is -3.86. The smallest absolute Gasteiger partial charge is 0.234 e. The number of carbonyl (C=O) groups is 1. The molecule has 0 aliphatic carbocycles. The van der Waals surface area contributed by atoms with Crippen molar-refractivity contribution in [3.63, 3.8) is 0 Å². The average Bonchev–Trinajstić information content (AvgIpc) is 3.57. The van der Waals surface area contributed by atoms with E-state index in [1.54, 1.807) is 23.7 Å². The molecule has 0 bridgehead atoms. The number of anilines is 1. The molecule has 3 heterocycles. The van der Waals surface area contributed by atoms with Gasteiger partial charge in [0.05, 0.1) is 16.0 Å². The van der Waals surface area contributed by atoms with Gasteiger partial charge in [0.1, 0.15) is 5.01 Å². The lowest BCUT2D eigenvalue weighted by Crippen LogP contribution is -2.14. The van der Waals surface area contributed by atoms with Crippen molar-refractivity contribution in [3.8, 4) is 27.6 Å². The molecule has 1 amide bonds. The Balaban J connectivity index is 1.16. The van der Waals surface area contributed by atoms with Crippen LogP contribution in [-0.4, -0.2) is 36.4 Å². The van der Waals surface area contributed by atoms with Crippen molar-refractivity contribution in [2.75, 3.05) is 11.1 Å². The van der Waals surface area contributed by atoms with Gasteiger partial charge in [0.15, 0.2) is 11.0 Å². The first-order valence-corrected chi connectivity index (χ1v) is 14.6. The second kappa shape index (κ2) is 11.1. The van der Waals surface area contributed by atoms with Gasteiger partial charge in [-0.15, -0.1) is 21.5 Å². The highest BCUT2D eigenvalue weighted by Crippen LogP contribution is 2.32. The summed E-state index contributed by atoms with van der Waals surface area (Å²) in [5.74, 6) is 0.714. The highest BCUT2D eigenvalue weighted by atomic mass is 79.9. The maximum absolute atomic E-state index is 12.8. The van der Waals surface area contributed by atoms with E-state index in [1.165, 1.54) is 22.0 Å². The minimum Gasteiger partial charge on any atom is -0.325 e. The van der Waals surface area contributed by atoms with Crippen LogP contribution in [0.3, 0.4) is 0 Å². The standard InChI is InChI=1S/C29H21BrN6OS2/c1-18-4-13-24-25(15-18)39-28(33-24)19-5-9-22(10-6-19)32-26(37)17-38-29-35-34-27(20-3-2-14-31-16-20)36(29)23-11-7-21(30)8-12-23/h2-16H,17H2,1H3,(H,32,37). The number of benzene rings is 3. The molecule has 0 atom stereocenters. The molecule has 7 nitrogen and oxygen atoms in total. The molecule has 0 spiro atoms. The van der Waals surface area contributed by atoms with Crippen molar-refractivity contribution in [2.45, 2.75) is 12.1 Å². The average molecular weight is 614 g/mol. The number of aryl methyl sites for hydroxylation is 1. The van der Waals surface area contributed by atoms with Crippen LogP contribution in [0.15, 0.2) is 101 Å². The number of rotatable bonds is 7. The molecule has 192 valence electrons. The first-order chi connectivity index (χ1) is 19.0. The molecule has 0 aliphatic heterocycles. The molecule has 10 heteroatoms. The lowest BCUT2D eigenvalue weighted by molar-refractivity contribution is -0.113. The van der Waals surface area contributed by atoms with Crippen LogP contribution in [0.25, 0.3) is 37.9 Å². The predicted molar refractivity (Wildman–Crippen MR) is 161 cm³/mol. The number of hydrogen-bond acceptors (Lipinski definition) is 7. The van der Waals surface area contributed by atoms with Crippen LogP contribution < -0.4 is 5.32 Å². The Bertz CT molecular complexity index is 1770. The van der Waals surface area contributed by atoms with E-state index in [0.717, 1.165) is 37.5 Å². The van der Waals surface area contributed by atoms with Crippen molar-refractivity contribution in [3.05, 3.63) is 101 Å². The number of thioether (sulfide) groups is 1. The maximum Gasteiger partial charge on any atom is 0.234 e. The zero-order chi connectivity index (χ0) is 26.8. The van der Waals surface area contributed by atoms with Gasteiger partial charge in [0.25, 0.3) is 0 Å². The second-order valence-corrected chi connectivity index (χ2v) is 11.7. The molecule has 3 aromatic carbocycles. The number of halogens is 1. The third kappa shape index (κ3) is 5.63. The summed E-state index contributed by atoms with van der Waals surface area (Å²) >= 11 is 6.48. The summed E-state index contributed by atoms with van der Waals surface area (Å²) in [6.07, 6.45) is 3.47. The Morgan fingerprint density at radius 3 is 2.59 bits per heavy atom. The maximum atomic E-state index is 12.8. The summed E-state index contributed by atoms with van der Waals surface area (Å²) in [5.41, 5.74) is 5.70. The van der Waals surface area contributed by atoms with Gasteiger partial charge in [0.2, 0.25) is 5.91 Å². The Morgan fingerprint density at radius 2 is 1.82 bits per heavy atom. The van der Waals surface area contributed by atoms with Crippen LogP contribution in [0.2, 0.25) is 0 Å². The quantitative estimate of drug-likeness (QED) is 0.189. The SMILES string of the molecule is Cc1ccc2nc(-c3ccc(NC(=O)CSc4nnc(-c5cccnc5)n4-c4ccc(Br)cc4)cc3)sc2c1. The number of carbonyl (C=O) groups excluding carboxylic acids is 1. The van der Waals surface area contributed by atoms with Crippen LogP contribution in [0, 0.1) is 6.92 Å². The molecule has 3 aromatic heterocycles. The summed E-state index contributed by atoms with van der Waals surface area (Å²) in [6, 6.07) is 25.7.